The molecule has 1 aromatic rings. The van der Waals surface area contributed by atoms with Crippen LogP contribution in [-0.2, 0) is 27.5 Å². The van der Waals surface area contributed by atoms with Crippen LogP contribution in [0.3, 0.4) is 0 Å². The summed E-state index contributed by atoms with van der Waals surface area (Å²) in [6.45, 7) is 2.24. The largest absolute Gasteiger partial charge is 0.546 e. The first-order valence-corrected chi connectivity index (χ1v) is 8.20. The minimum atomic E-state index is -2.18. The molecule has 1 aromatic carbocycles. The van der Waals surface area contributed by atoms with Gasteiger partial charge in [0.2, 0.25) is 5.30 Å². The van der Waals surface area contributed by atoms with E-state index in [0.29, 0.717) is 5.30 Å². The second kappa shape index (κ2) is 11.6. The Hall–Kier alpha value is -0.226. The van der Waals surface area contributed by atoms with Crippen molar-refractivity contribution in [3.63, 3.8) is 0 Å². The third-order valence-electron chi connectivity index (χ3n) is 3.23. The van der Waals surface area contributed by atoms with Crippen molar-refractivity contribution in [3.8, 4) is 0 Å². The molecule has 110 valence electrons. The van der Waals surface area contributed by atoms with Gasteiger partial charge in [-0.1, -0.05) is 57.6 Å². The Labute approximate surface area is 127 Å². The Balaban J connectivity index is 0.00000324. The van der Waals surface area contributed by atoms with Gasteiger partial charge < -0.3 is 0 Å². The molecule has 1 N–H and O–H groups in total. The number of hydrogen-bond acceptors (Lipinski definition) is 1. The predicted molar refractivity (Wildman–Crippen MR) is 77.6 cm³/mol. The summed E-state index contributed by atoms with van der Waals surface area (Å²) < 4.78 is 10.8. The van der Waals surface area contributed by atoms with Gasteiger partial charge in [0.15, 0.2) is 0 Å². The van der Waals surface area contributed by atoms with Crippen LogP contribution in [0.2, 0.25) is 0 Å². The van der Waals surface area contributed by atoms with Crippen molar-refractivity contribution in [1.82, 2.24) is 0 Å². The maximum absolute atomic E-state index is 10.8. The van der Waals surface area contributed by atoms with Gasteiger partial charge >= 0.3 is 8.03 Å². The summed E-state index contributed by atoms with van der Waals surface area (Å²) in [6.07, 6.45) is 10.3. The minimum Gasteiger partial charge on any atom is -0.156 e. The molecule has 4 heteroatoms. The van der Waals surface area contributed by atoms with Crippen LogP contribution in [0.4, 0.5) is 0 Å². The third kappa shape index (κ3) is 8.53. The van der Waals surface area contributed by atoms with Crippen LogP contribution in [0.15, 0.2) is 24.3 Å². The first kappa shape index (κ1) is 18.8. The van der Waals surface area contributed by atoms with Crippen molar-refractivity contribution in [2.24, 2.45) is 0 Å². The molecule has 0 aliphatic carbocycles. The third-order valence-corrected chi connectivity index (χ3v) is 3.97. The maximum atomic E-state index is 10.8. The number of hydrogen-bond donors (Lipinski definition) is 1. The van der Waals surface area contributed by atoms with Gasteiger partial charge in [-0.15, -0.1) is 0 Å². The first-order valence-electron chi connectivity index (χ1n) is 6.99. The average molecular weight is 326 g/mol. The van der Waals surface area contributed by atoms with Crippen LogP contribution in [0, 0.1) is 0 Å². The van der Waals surface area contributed by atoms with Gasteiger partial charge in [-0.25, -0.2) is 0 Å². The van der Waals surface area contributed by atoms with E-state index in [4.69, 9.17) is 4.89 Å². The van der Waals surface area contributed by atoms with Crippen molar-refractivity contribution in [1.29, 1.82) is 0 Å². The molecule has 0 aromatic heterocycles. The second-order valence-electron chi connectivity index (χ2n) is 4.81. The van der Waals surface area contributed by atoms with Gasteiger partial charge in [0.05, 0.1) is 0 Å². The second-order valence-corrected chi connectivity index (χ2v) is 5.87. The Morgan fingerprint density at radius 1 is 0.947 bits per heavy atom. The molecule has 0 saturated heterocycles. The van der Waals surface area contributed by atoms with Crippen molar-refractivity contribution >= 4 is 13.3 Å². The van der Waals surface area contributed by atoms with Crippen molar-refractivity contribution < 1.29 is 25.9 Å². The zero-order chi connectivity index (χ0) is 13.2. The van der Waals surface area contributed by atoms with E-state index in [0.717, 1.165) is 6.42 Å². The summed E-state index contributed by atoms with van der Waals surface area (Å²) in [5, 5.41) is 0.522. The van der Waals surface area contributed by atoms with Gasteiger partial charge in [0.25, 0.3) is 0 Å². The molecular formula is C15H24NiO2P+. The quantitative estimate of drug-likeness (QED) is 0.416. The molecule has 0 heterocycles. The van der Waals surface area contributed by atoms with Gasteiger partial charge in [-0.2, -0.15) is 4.89 Å². The molecule has 0 bridgehead atoms. The monoisotopic (exact) mass is 325 g/mol. The molecule has 0 radical (unpaired) electrons. The zero-order valence-electron chi connectivity index (χ0n) is 11.6. The topological polar surface area (TPSA) is 37.3 Å². The van der Waals surface area contributed by atoms with E-state index in [-0.39, 0.29) is 16.5 Å². The minimum absolute atomic E-state index is 0. The van der Waals surface area contributed by atoms with Crippen LogP contribution in [0.1, 0.15) is 57.4 Å². The molecule has 1 unspecified atom stereocenters. The zero-order valence-corrected chi connectivity index (χ0v) is 13.5. The van der Waals surface area contributed by atoms with Gasteiger partial charge in [0.1, 0.15) is 0 Å². The van der Waals surface area contributed by atoms with E-state index in [2.05, 4.69) is 6.92 Å². The van der Waals surface area contributed by atoms with E-state index >= 15 is 0 Å². The fraction of sp³-hybridized carbons (Fsp3) is 0.600. The summed E-state index contributed by atoms with van der Waals surface area (Å²) in [6, 6.07) is 7.45. The van der Waals surface area contributed by atoms with Crippen LogP contribution in [0.25, 0.3) is 0 Å². The Morgan fingerprint density at radius 3 is 2.00 bits per heavy atom. The fourth-order valence-corrected chi connectivity index (χ4v) is 2.48. The number of benzene rings is 1. The molecule has 0 aliphatic rings. The molecule has 0 aliphatic heterocycles. The molecule has 1 rings (SSSR count). The Bertz CT molecular complexity index is 352. The molecule has 0 spiro atoms. The molecular weight excluding hydrogens is 302 g/mol. The fourth-order valence-electron chi connectivity index (χ4n) is 2.08. The summed E-state index contributed by atoms with van der Waals surface area (Å²) in [5.74, 6) is 0. The van der Waals surface area contributed by atoms with Crippen LogP contribution < -0.4 is 5.30 Å². The Morgan fingerprint density at radius 2 is 1.47 bits per heavy atom. The van der Waals surface area contributed by atoms with E-state index in [1.54, 1.807) is 12.1 Å². The van der Waals surface area contributed by atoms with Gasteiger partial charge in [0, 0.05) is 16.5 Å². The van der Waals surface area contributed by atoms with Crippen molar-refractivity contribution in [2.75, 3.05) is 0 Å². The van der Waals surface area contributed by atoms with Crippen molar-refractivity contribution in [3.05, 3.63) is 29.8 Å². The molecule has 0 amide bonds. The molecule has 19 heavy (non-hydrogen) atoms. The SMILES string of the molecule is CCCCCCCCCc1ccc([P+](=O)O)cc1.[Ni]. The van der Waals surface area contributed by atoms with Crippen molar-refractivity contribution in [2.45, 2.75) is 58.3 Å². The summed E-state index contributed by atoms with van der Waals surface area (Å²) >= 11 is 0. The summed E-state index contributed by atoms with van der Waals surface area (Å²) in [5.41, 5.74) is 1.27. The van der Waals surface area contributed by atoms with Gasteiger partial charge in [-0.05, 0) is 35.1 Å². The number of unbranched alkanes of at least 4 members (excludes halogenated alkanes) is 6. The van der Waals surface area contributed by atoms with Gasteiger partial charge in [-0.3, -0.25) is 0 Å². The summed E-state index contributed by atoms with van der Waals surface area (Å²) in [4.78, 5) is 8.94. The number of aryl methyl sites for hydroxylation is 1. The smallest absolute Gasteiger partial charge is 0.156 e. The average Bonchev–Trinajstić information content (AvgIpc) is 2.38. The number of rotatable bonds is 9. The van der Waals surface area contributed by atoms with E-state index < -0.39 is 8.03 Å². The first-order chi connectivity index (χ1) is 8.74. The standard InChI is InChI=1S/C15H23O2P.Ni/c1-2-3-4-5-6-7-8-9-14-10-12-15(13-11-14)18(16)17;/h10-13H,2-9H2,1H3;/p+1. The Kier molecular flexibility index (Phi) is 11.4. The predicted octanol–water partition coefficient (Wildman–Crippen LogP) is 4.34. The van der Waals surface area contributed by atoms with Crippen LogP contribution in [0.5, 0.6) is 0 Å². The van der Waals surface area contributed by atoms with Crippen LogP contribution >= 0.6 is 8.03 Å². The summed E-state index contributed by atoms with van der Waals surface area (Å²) in [7, 11) is -2.18. The van der Waals surface area contributed by atoms with E-state index in [1.165, 1.54) is 50.5 Å². The normalized spacial score (nSPS) is 10.9. The molecule has 2 nitrogen and oxygen atoms in total. The van der Waals surface area contributed by atoms with Crippen LogP contribution in [-0.4, -0.2) is 4.89 Å². The van der Waals surface area contributed by atoms with E-state index in [1.807, 2.05) is 12.1 Å². The maximum Gasteiger partial charge on any atom is 0.546 e. The molecule has 0 fully saturated rings. The molecule has 1 atom stereocenters. The van der Waals surface area contributed by atoms with E-state index in [9.17, 15) is 4.57 Å². The molecule has 0 saturated carbocycles.